The number of aromatic nitrogens is 4. The molecule has 1 aromatic carbocycles. The molecule has 0 atom stereocenters. The topological polar surface area (TPSA) is 75.7 Å². The van der Waals surface area contributed by atoms with E-state index in [1.165, 1.54) is 6.33 Å². The lowest BCUT2D eigenvalue weighted by Gasteiger charge is -2.09. The van der Waals surface area contributed by atoms with E-state index < -0.39 is 0 Å². The number of hydrogen-bond acceptors (Lipinski definition) is 5. The summed E-state index contributed by atoms with van der Waals surface area (Å²) in [6, 6.07) is 7.92. The third-order valence-corrected chi connectivity index (χ3v) is 3.09. The fourth-order valence-electron chi connectivity index (χ4n) is 2.07. The van der Waals surface area contributed by atoms with Crippen molar-refractivity contribution in [2.75, 3.05) is 19.0 Å². The summed E-state index contributed by atoms with van der Waals surface area (Å²) in [4.78, 5) is 8.47. The number of pyridine rings is 1. The van der Waals surface area contributed by atoms with Crippen LogP contribution in [-0.4, -0.2) is 33.8 Å². The van der Waals surface area contributed by atoms with E-state index in [9.17, 15) is 0 Å². The molecule has 6 heteroatoms. The Hall–Kier alpha value is -2.63. The third-order valence-electron chi connectivity index (χ3n) is 3.09. The van der Waals surface area contributed by atoms with Crippen LogP contribution < -0.4 is 10.1 Å². The molecule has 0 fully saturated rings. The smallest absolute Gasteiger partial charge is 0.137 e. The average molecular weight is 269 g/mol. The van der Waals surface area contributed by atoms with Gasteiger partial charge in [0.05, 0.1) is 7.11 Å². The first-order valence-corrected chi connectivity index (χ1v) is 6.37. The van der Waals surface area contributed by atoms with Crippen LogP contribution in [0.2, 0.25) is 0 Å². The van der Waals surface area contributed by atoms with E-state index >= 15 is 0 Å². The molecular formula is C14H15N5O. The molecular weight excluding hydrogens is 254 g/mol. The Bertz CT molecular complexity index is 696. The molecule has 0 saturated carbocycles. The summed E-state index contributed by atoms with van der Waals surface area (Å²) in [7, 11) is 1.67. The van der Waals surface area contributed by atoms with Gasteiger partial charge in [-0.2, -0.15) is 5.10 Å². The minimum atomic E-state index is 0.743. The summed E-state index contributed by atoms with van der Waals surface area (Å²) >= 11 is 0. The Labute approximate surface area is 116 Å². The van der Waals surface area contributed by atoms with Gasteiger partial charge in [-0.05, 0) is 29.7 Å². The van der Waals surface area contributed by atoms with Crippen molar-refractivity contribution in [2.24, 2.45) is 0 Å². The van der Waals surface area contributed by atoms with Crippen LogP contribution in [0.4, 0.5) is 5.82 Å². The lowest BCUT2D eigenvalue weighted by molar-refractivity contribution is 0.415. The van der Waals surface area contributed by atoms with Gasteiger partial charge >= 0.3 is 0 Å². The summed E-state index contributed by atoms with van der Waals surface area (Å²) in [5, 5.41) is 12.2. The zero-order valence-electron chi connectivity index (χ0n) is 11.1. The second-order valence-corrected chi connectivity index (χ2v) is 4.36. The molecule has 0 radical (unpaired) electrons. The molecule has 3 aromatic rings. The minimum absolute atomic E-state index is 0.743. The Kier molecular flexibility index (Phi) is 3.45. The summed E-state index contributed by atoms with van der Waals surface area (Å²) in [6.45, 7) is 0.743. The molecule has 3 rings (SSSR count). The Morgan fingerprint density at radius 1 is 1.25 bits per heavy atom. The normalized spacial score (nSPS) is 10.7. The van der Waals surface area contributed by atoms with Crippen molar-refractivity contribution in [1.29, 1.82) is 0 Å². The van der Waals surface area contributed by atoms with Crippen LogP contribution in [-0.2, 0) is 6.42 Å². The maximum absolute atomic E-state index is 5.23. The second-order valence-electron chi connectivity index (χ2n) is 4.36. The summed E-state index contributed by atoms with van der Waals surface area (Å²) in [5.41, 5.74) is 0. The molecule has 0 bridgehead atoms. The third kappa shape index (κ3) is 2.54. The first-order valence-electron chi connectivity index (χ1n) is 6.37. The van der Waals surface area contributed by atoms with E-state index in [0.717, 1.165) is 41.1 Å². The molecule has 0 aliphatic carbocycles. The molecule has 6 nitrogen and oxygen atoms in total. The first-order chi connectivity index (χ1) is 9.86. The SMILES string of the molecule is COc1ccc2c(NCCc3ncn[nH]3)nccc2c1. The minimum Gasteiger partial charge on any atom is -0.497 e. The number of methoxy groups -OCH3 is 1. The van der Waals surface area contributed by atoms with Gasteiger partial charge in [0.25, 0.3) is 0 Å². The molecule has 2 N–H and O–H groups in total. The Balaban J connectivity index is 1.77. The Morgan fingerprint density at radius 2 is 2.20 bits per heavy atom. The predicted molar refractivity (Wildman–Crippen MR) is 76.9 cm³/mol. The van der Waals surface area contributed by atoms with Crippen LogP contribution in [0, 0.1) is 0 Å². The van der Waals surface area contributed by atoms with E-state index in [1.54, 1.807) is 13.3 Å². The van der Waals surface area contributed by atoms with Gasteiger partial charge in [0.2, 0.25) is 0 Å². The maximum atomic E-state index is 5.23. The number of nitrogens with zero attached hydrogens (tertiary/aromatic N) is 3. The highest BCUT2D eigenvalue weighted by Gasteiger charge is 2.04. The average Bonchev–Trinajstić information content (AvgIpc) is 3.00. The number of anilines is 1. The van der Waals surface area contributed by atoms with Crippen LogP contribution in [0.5, 0.6) is 5.75 Å². The van der Waals surface area contributed by atoms with Crippen molar-refractivity contribution in [2.45, 2.75) is 6.42 Å². The summed E-state index contributed by atoms with van der Waals surface area (Å²) in [6.07, 6.45) is 4.07. The number of benzene rings is 1. The monoisotopic (exact) mass is 269 g/mol. The van der Waals surface area contributed by atoms with Gasteiger partial charge < -0.3 is 10.1 Å². The maximum Gasteiger partial charge on any atom is 0.137 e. The van der Waals surface area contributed by atoms with Gasteiger partial charge in [-0.15, -0.1) is 0 Å². The van der Waals surface area contributed by atoms with E-state index in [2.05, 4.69) is 25.5 Å². The van der Waals surface area contributed by atoms with Crippen molar-refractivity contribution in [3.05, 3.63) is 42.6 Å². The zero-order valence-corrected chi connectivity index (χ0v) is 11.1. The van der Waals surface area contributed by atoms with Gasteiger partial charge in [-0.25, -0.2) is 9.97 Å². The Morgan fingerprint density at radius 3 is 3.00 bits per heavy atom. The zero-order chi connectivity index (χ0) is 13.8. The molecule has 0 unspecified atom stereocenters. The number of nitrogens with one attached hydrogen (secondary N) is 2. The molecule has 0 amide bonds. The number of fused-ring (bicyclic) bond motifs is 1. The van der Waals surface area contributed by atoms with Gasteiger partial charge in [0.15, 0.2) is 0 Å². The van der Waals surface area contributed by atoms with Crippen molar-refractivity contribution < 1.29 is 4.74 Å². The van der Waals surface area contributed by atoms with Crippen molar-refractivity contribution in [1.82, 2.24) is 20.2 Å². The highest BCUT2D eigenvalue weighted by atomic mass is 16.5. The number of aromatic amines is 1. The number of rotatable bonds is 5. The van der Waals surface area contributed by atoms with Gasteiger partial charge in [0, 0.05) is 24.5 Å². The quantitative estimate of drug-likeness (QED) is 0.741. The van der Waals surface area contributed by atoms with E-state index in [-0.39, 0.29) is 0 Å². The van der Waals surface area contributed by atoms with Gasteiger partial charge in [-0.1, -0.05) is 0 Å². The van der Waals surface area contributed by atoms with E-state index in [0.29, 0.717) is 0 Å². The highest BCUT2D eigenvalue weighted by Crippen LogP contribution is 2.25. The lowest BCUT2D eigenvalue weighted by Crippen LogP contribution is -2.07. The lowest BCUT2D eigenvalue weighted by atomic mass is 10.1. The fourth-order valence-corrected chi connectivity index (χ4v) is 2.07. The number of H-pyrrole nitrogens is 1. The van der Waals surface area contributed by atoms with Crippen molar-refractivity contribution in [3.8, 4) is 5.75 Å². The fraction of sp³-hybridized carbons (Fsp3) is 0.214. The summed E-state index contributed by atoms with van der Waals surface area (Å²) in [5.74, 6) is 2.57. The molecule has 2 heterocycles. The van der Waals surface area contributed by atoms with Gasteiger partial charge in [0.1, 0.15) is 23.7 Å². The summed E-state index contributed by atoms with van der Waals surface area (Å²) < 4.78 is 5.23. The molecule has 0 spiro atoms. The van der Waals surface area contributed by atoms with E-state index in [1.807, 2.05) is 24.3 Å². The standard InChI is InChI=1S/C14H15N5O/c1-20-11-2-3-12-10(8-11)4-6-15-14(12)16-7-5-13-17-9-18-19-13/h2-4,6,8-9H,5,7H2,1H3,(H,15,16)(H,17,18,19). The molecule has 0 aliphatic heterocycles. The molecule has 0 saturated heterocycles. The molecule has 2 aromatic heterocycles. The predicted octanol–water partition coefficient (Wildman–Crippen LogP) is 2.02. The van der Waals surface area contributed by atoms with Crippen LogP contribution in [0.25, 0.3) is 10.8 Å². The molecule has 20 heavy (non-hydrogen) atoms. The number of hydrogen-bond donors (Lipinski definition) is 2. The van der Waals surface area contributed by atoms with Crippen LogP contribution in [0.1, 0.15) is 5.82 Å². The number of ether oxygens (including phenoxy) is 1. The van der Waals surface area contributed by atoms with Crippen LogP contribution in [0.15, 0.2) is 36.8 Å². The highest BCUT2D eigenvalue weighted by molar-refractivity contribution is 5.92. The largest absolute Gasteiger partial charge is 0.497 e. The van der Waals surface area contributed by atoms with Crippen molar-refractivity contribution in [3.63, 3.8) is 0 Å². The molecule has 102 valence electrons. The van der Waals surface area contributed by atoms with Crippen LogP contribution >= 0.6 is 0 Å². The second kappa shape index (κ2) is 5.56. The first kappa shape index (κ1) is 12.4. The van der Waals surface area contributed by atoms with Crippen molar-refractivity contribution >= 4 is 16.6 Å². The molecule has 0 aliphatic rings. The van der Waals surface area contributed by atoms with Gasteiger partial charge in [-0.3, -0.25) is 5.10 Å². The van der Waals surface area contributed by atoms with Crippen LogP contribution in [0.3, 0.4) is 0 Å². The van der Waals surface area contributed by atoms with E-state index in [4.69, 9.17) is 4.74 Å².